The molecule has 2 aliphatic rings. The van der Waals surface area contributed by atoms with E-state index in [9.17, 15) is 4.79 Å². The van der Waals surface area contributed by atoms with Crippen LogP contribution in [0.15, 0.2) is 24.3 Å². The second-order valence-electron chi connectivity index (χ2n) is 5.26. The van der Waals surface area contributed by atoms with E-state index in [1.807, 2.05) is 12.1 Å². The van der Waals surface area contributed by atoms with Crippen LogP contribution >= 0.6 is 0 Å². The van der Waals surface area contributed by atoms with Gasteiger partial charge in [-0.15, -0.1) is 0 Å². The third kappa shape index (κ3) is 1.77. The fourth-order valence-electron chi connectivity index (χ4n) is 2.79. The van der Waals surface area contributed by atoms with Crippen LogP contribution in [-0.4, -0.2) is 41.9 Å². The number of amides is 1. The highest BCUT2D eigenvalue weighted by molar-refractivity contribution is 5.71. The Morgan fingerprint density at radius 1 is 1.44 bits per heavy atom. The number of rotatable bonds is 3. The fraction of sp³-hybridized carbons (Fsp3) is 0.500. The van der Waals surface area contributed by atoms with E-state index >= 15 is 0 Å². The lowest BCUT2D eigenvalue weighted by Gasteiger charge is -2.08. The van der Waals surface area contributed by atoms with Crippen LogP contribution in [0.25, 0.3) is 0 Å². The normalized spacial score (nSPS) is 29.8. The van der Waals surface area contributed by atoms with Crippen LogP contribution in [0.4, 0.5) is 4.79 Å². The van der Waals surface area contributed by atoms with Crippen LogP contribution in [0.3, 0.4) is 0 Å². The minimum absolute atomic E-state index is 0.176. The van der Waals surface area contributed by atoms with Crippen LogP contribution in [0, 0.1) is 0 Å². The first-order valence-corrected chi connectivity index (χ1v) is 6.28. The number of carbonyl (C=O) groups excluding carboxylic acids is 1. The van der Waals surface area contributed by atoms with Crippen molar-refractivity contribution >= 4 is 6.09 Å². The molecular weight excluding hydrogens is 230 g/mol. The first-order chi connectivity index (χ1) is 8.64. The molecule has 1 aromatic rings. The van der Waals surface area contributed by atoms with Crippen LogP contribution in [0.1, 0.15) is 23.5 Å². The first kappa shape index (κ1) is 11.5. The smallest absolute Gasteiger partial charge is 0.410 e. The second kappa shape index (κ2) is 3.99. The van der Waals surface area contributed by atoms with E-state index in [4.69, 9.17) is 9.84 Å². The number of aliphatic hydroxyl groups is 1. The highest BCUT2D eigenvalue weighted by Gasteiger charge is 2.63. The third-order valence-electron chi connectivity index (χ3n) is 3.91. The van der Waals surface area contributed by atoms with Crippen molar-refractivity contribution < 1.29 is 14.6 Å². The van der Waals surface area contributed by atoms with Crippen LogP contribution in [0.5, 0.6) is 0 Å². The summed E-state index contributed by atoms with van der Waals surface area (Å²) in [5.74, 6) is 0.328. The van der Waals surface area contributed by atoms with Gasteiger partial charge in [-0.1, -0.05) is 24.3 Å². The molecule has 3 rings (SSSR count). The largest absolute Gasteiger partial charge is 0.440 e. The summed E-state index contributed by atoms with van der Waals surface area (Å²) in [6.45, 7) is 0.865. The highest BCUT2D eigenvalue weighted by atomic mass is 16.6. The first-order valence-electron chi connectivity index (χ1n) is 6.28. The molecule has 1 N–H and O–H groups in total. The number of aliphatic hydroxyl groups excluding tert-OH is 1. The van der Waals surface area contributed by atoms with Gasteiger partial charge in [-0.2, -0.15) is 0 Å². The summed E-state index contributed by atoms with van der Waals surface area (Å²) in [4.78, 5) is 13.1. The van der Waals surface area contributed by atoms with Gasteiger partial charge in [0.1, 0.15) is 5.60 Å². The molecule has 4 nitrogen and oxygen atoms in total. The summed E-state index contributed by atoms with van der Waals surface area (Å²) in [5.41, 5.74) is 2.08. The van der Waals surface area contributed by atoms with Crippen molar-refractivity contribution in [1.82, 2.24) is 4.90 Å². The maximum Gasteiger partial charge on any atom is 0.410 e. The molecule has 0 bridgehead atoms. The molecule has 1 aliphatic carbocycles. The van der Waals surface area contributed by atoms with E-state index in [0.29, 0.717) is 18.9 Å². The number of likely N-dealkylation sites (N-methyl/N-ethyl adjacent to an activating group) is 1. The number of benzene rings is 1. The maximum absolute atomic E-state index is 11.4. The molecule has 2 fully saturated rings. The monoisotopic (exact) mass is 247 g/mol. The molecule has 1 heterocycles. The minimum atomic E-state index is -0.273. The molecule has 4 heteroatoms. The number of carbonyl (C=O) groups is 1. The molecule has 0 radical (unpaired) electrons. The van der Waals surface area contributed by atoms with Crippen LogP contribution in [-0.2, 0) is 11.2 Å². The van der Waals surface area contributed by atoms with Gasteiger partial charge in [0.25, 0.3) is 0 Å². The SMILES string of the molecule is CN1CC2(CC2c2ccc(CCO)cc2)OC1=O. The third-order valence-corrected chi connectivity index (χ3v) is 3.91. The Hall–Kier alpha value is -1.55. The Bertz CT molecular complexity index is 470. The number of nitrogens with zero attached hydrogens (tertiary/aromatic N) is 1. The molecule has 1 aliphatic heterocycles. The highest BCUT2D eigenvalue weighted by Crippen LogP contribution is 2.56. The van der Waals surface area contributed by atoms with Gasteiger partial charge >= 0.3 is 6.09 Å². The van der Waals surface area contributed by atoms with Crippen molar-refractivity contribution in [3.63, 3.8) is 0 Å². The summed E-state index contributed by atoms with van der Waals surface area (Å²) < 4.78 is 5.46. The Morgan fingerprint density at radius 2 is 2.17 bits per heavy atom. The molecular formula is C14H17NO3. The van der Waals surface area contributed by atoms with E-state index in [1.54, 1.807) is 11.9 Å². The molecule has 1 aromatic carbocycles. The summed E-state index contributed by atoms with van der Waals surface area (Å²) in [5, 5.41) is 8.87. The topological polar surface area (TPSA) is 49.8 Å². The zero-order valence-electron chi connectivity index (χ0n) is 10.4. The predicted octanol–water partition coefficient (Wildman–Crippen LogP) is 1.53. The molecule has 96 valence electrons. The Kier molecular flexibility index (Phi) is 2.55. The summed E-state index contributed by atoms with van der Waals surface area (Å²) in [6, 6.07) is 8.24. The minimum Gasteiger partial charge on any atom is -0.440 e. The summed E-state index contributed by atoms with van der Waals surface area (Å²) >= 11 is 0. The molecule has 1 saturated carbocycles. The zero-order chi connectivity index (χ0) is 12.8. The van der Waals surface area contributed by atoms with Gasteiger partial charge in [-0.05, 0) is 17.5 Å². The molecule has 18 heavy (non-hydrogen) atoms. The second-order valence-corrected chi connectivity index (χ2v) is 5.26. The Balaban J connectivity index is 1.73. The average Bonchev–Trinajstić information content (AvgIpc) is 2.95. The quantitative estimate of drug-likeness (QED) is 0.881. The van der Waals surface area contributed by atoms with E-state index in [0.717, 1.165) is 12.0 Å². The molecule has 1 saturated heterocycles. The van der Waals surface area contributed by atoms with Gasteiger partial charge < -0.3 is 14.7 Å². The lowest BCUT2D eigenvalue weighted by atomic mass is 10.0. The van der Waals surface area contributed by atoms with Crippen LogP contribution in [0.2, 0.25) is 0 Å². The van der Waals surface area contributed by atoms with Crippen molar-refractivity contribution in [2.24, 2.45) is 0 Å². The van der Waals surface area contributed by atoms with Crippen molar-refractivity contribution in [2.75, 3.05) is 20.2 Å². The summed E-state index contributed by atoms with van der Waals surface area (Å²) in [6.07, 6.45) is 1.39. The van der Waals surface area contributed by atoms with Crippen molar-refractivity contribution in [3.05, 3.63) is 35.4 Å². The number of ether oxygens (including phenoxy) is 1. The van der Waals surface area contributed by atoms with Gasteiger partial charge in [0, 0.05) is 26.0 Å². The van der Waals surface area contributed by atoms with E-state index < -0.39 is 0 Å². The van der Waals surface area contributed by atoms with E-state index in [2.05, 4.69) is 12.1 Å². The van der Waals surface area contributed by atoms with Gasteiger partial charge in [-0.3, -0.25) is 0 Å². The zero-order valence-corrected chi connectivity index (χ0v) is 10.4. The lowest BCUT2D eigenvalue weighted by Crippen LogP contribution is -2.20. The molecule has 2 unspecified atom stereocenters. The molecule has 2 atom stereocenters. The number of hydrogen-bond acceptors (Lipinski definition) is 3. The molecule has 1 amide bonds. The summed E-state index contributed by atoms with van der Waals surface area (Å²) in [7, 11) is 1.77. The molecule has 1 spiro atoms. The average molecular weight is 247 g/mol. The number of hydrogen-bond donors (Lipinski definition) is 1. The Labute approximate surface area is 106 Å². The Morgan fingerprint density at radius 3 is 2.72 bits per heavy atom. The van der Waals surface area contributed by atoms with Crippen molar-refractivity contribution in [2.45, 2.75) is 24.4 Å². The molecule has 0 aromatic heterocycles. The van der Waals surface area contributed by atoms with Gasteiger partial charge in [0.05, 0.1) is 6.54 Å². The van der Waals surface area contributed by atoms with E-state index in [1.165, 1.54) is 5.56 Å². The maximum atomic E-state index is 11.4. The van der Waals surface area contributed by atoms with Gasteiger partial charge in [0.2, 0.25) is 0 Å². The van der Waals surface area contributed by atoms with Gasteiger partial charge in [0.15, 0.2) is 0 Å². The van der Waals surface area contributed by atoms with E-state index in [-0.39, 0.29) is 18.3 Å². The van der Waals surface area contributed by atoms with Crippen LogP contribution < -0.4 is 0 Å². The van der Waals surface area contributed by atoms with Crippen molar-refractivity contribution in [3.8, 4) is 0 Å². The predicted molar refractivity (Wildman–Crippen MR) is 66.4 cm³/mol. The fourth-order valence-corrected chi connectivity index (χ4v) is 2.79. The lowest BCUT2D eigenvalue weighted by molar-refractivity contribution is 0.121. The van der Waals surface area contributed by atoms with Crippen molar-refractivity contribution in [1.29, 1.82) is 0 Å². The standard InChI is InChI=1S/C14H17NO3/c1-15-9-14(18-13(15)17)8-12(14)11-4-2-10(3-5-11)6-7-16/h2-5,12,16H,6-9H2,1H3. The van der Waals surface area contributed by atoms with Gasteiger partial charge in [-0.25, -0.2) is 4.79 Å².